The molecule has 0 aliphatic heterocycles. The molecule has 58 valence electrons. The molecule has 2 nitrogen and oxygen atoms in total. The molecule has 0 aliphatic rings. The van der Waals surface area contributed by atoms with E-state index in [0.29, 0.717) is 12.3 Å². The maximum Gasteiger partial charge on any atom is 0.242 e. The Morgan fingerprint density at radius 3 is 2.36 bits per heavy atom. The SMILES string of the molecule is NC(=[NH2+])Cc1ccc(I)cc1. The molecule has 0 aromatic heterocycles. The van der Waals surface area contributed by atoms with Crippen LogP contribution in [-0.4, -0.2) is 5.84 Å². The predicted molar refractivity (Wildman–Crippen MR) is 54.0 cm³/mol. The van der Waals surface area contributed by atoms with Crippen molar-refractivity contribution in [2.24, 2.45) is 5.73 Å². The highest BCUT2D eigenvalue weighted by molar-refractivity contribution is 14.1. The van der Waals surface area contributed by atoms with E-state index in [1.165, 1.54) is 3.57 Å². The summed E-state index contributed by atoms with van der Waals surface area (Å²) < 4.78 is 1.22. The zero-order valence-electron chi connectivity index (χ0n) is 6.05. The molecule has 1 aromatic rings. The van der Waals surface area contributed by atoms with Crippen LogP contribution < -0.4 is 11.1 Å². The van der Waals surface area contributed by atoms with Gasteiger partial charge in [0.1, 0.15) is 0 Å². The molecular weight excluding hydrogens is 251 g/mol. The van der Waals surface area contributed by atoms with E-state index in [2.05, 4.69) is 22.6 Å². The Hall–Kier alpha value is -0.580. The zero-order chi connectivity index (χ0) is 8.27. The third-order valence-corrected chi connectivity index (χ3v) is 2.04. The number of hydrogen-bond donors (Lipinski definition) is 2. The van der Waals surface area contributed by atoms with Gasteiger partial charge < -0.3 is 0 Å². The van der Waals surface area contributed by atoms with E-state index >= 15 is 0 Å². The molecule has 0 radical (unpaired) electrons. The number of hydrogen-bond acceptors (Lipinski definition) is 0. The van der Waals surface area contributed by atoms with E-state index in [1.54, 1.807) is 0 Å². The Labute approximate surface area is 79.4 Å². The van der Waals surface area contributed by atoms with Crippen LogP contribution in [0.2, 0.25) is 0 Å². The van der Waals surface area contributed by atoms with E-state index in [0.717, 1.165) is 5.56 Å². The number of rotatable bonds is 2. The molecule has 0 saturated heterocycles. The smallest absolute Gasteiger partial charge is 0.242 e. The first-order chi connectivity index (χ1) is 5.18. The Kier molecular flexibility index (Phi) is 2.87. The third kappa shape index (κ3) is 2.88. The molecule has 1 rings (SSSR count). The van der Waals surface area contributed by atoms with Crippen molar-refractivity contribution in [1.29, 1.82) is 0 Å². The summed E-state index contributed by atoms with van der Waals surface area (Å²) in [4.78, 5) is 0. The van der Waals surface area contributed by atoms with Crippen LogP contribution in [0.5, 0.6) is 0 Å². The van der Waals surface area contributed by atoms with Gasteiger partial charge in [0, 0.05) is 3.57 Å². The first-order valence-electron chi connectivity index (χ1n) is 3.29. The maximum absolute atomic E-state index is 5.36. The van der Waals surface area contributed by atoms with Gasteiger partial charge in [-0.2, -0.15) is 0 Å². The highest BCUT2D eigenvalue weighted by Crippen LogP contribution is 2.06. The molecule has 0 spiro atoms. The summed E-state index contributed by atoms with van der Waals surface area (Å²) in [6.45, 7) is 0. The standard InChI is InChI=1S/C8H9IN2/c9-7-3-1-6(2-4-7)5-8(10)11/h1-4H,5H2,(H3,10,11)/p+1. The minimum absolute atomic E-state index is 0.464. The number of nitrogens with two attached hydrogens (primary N) is 2. The lowest BCUT2D eigenvalue weighted by atomic mass is 10.1. The van der Waals surface area contributed by atoms with Crippen LogP contribution in [0.1, 0.15) is 5.56 Å². The summed E-state index contributed by atoms with van der Waals surface area (Å²) in [5, 5.41) is 5.36. The van der Waals surface area contributed by atoms with Crippen LogP contribution in [0.3, 0.4) is 0 Å². The van der Waals surface area contributed by atoms with Gasteiger partial charge in [0.25, 0.3) is 0 Å². The Balaban J connectivity index is 2.74. The van der Waals surface area contributed by atoms with Gasteiger partial charge in [-0.25, -0.2) is 0 Å². The summed E-state index contributed by atoms with van der Waals surface area (Å²) in [5.41, 5.74) is 6.51. The summed E-state index contributed by atoms with van der Waals surface area (Å²) >= 11 is 2.26. The van der Waals surface area contributed by atoms with Gasteiger partial charge in [-0.1, -0.05) is 12.1 Å². The quantitative estimate of drug-likeness (QED) is 0.438. The van der Waals surface area contributed by atoms with Gasteiger partial charge in [-0.3, -0.25) is 11.1 Å². The Morgan fingerprint density at radius 2 is 1.91 bits per heavy atom. The maximum atomic E-state index is 5.36. The average molecular weight is 261 g/mol. The van der Waals surface area contributed by atoms with E-state index in [4.69, 9.17) is 11.1 Å². The topological polar surface area (TPSA) is 51.6 Å². The Bertz CT molecular complexity index is 253. The third-order valence-electron chi connectivity index (χ3n) is 1.32. The van der Waals surface area contributed by atoms with Crippen LogP contribution in [0.4, 0.5) is 0 Å². The highest BCUT2D eigenvalue weighted by atomic mass is 127. The Morgan fingerprint density at radius 1 is 1.36 bits per heavy atom. The molecule has 0 unspecified atom stereocenters. The van der Waals surface area contributed by atoms with E-state index < -0.39 is 0 Å². The number of benzene rings is 1. The van der Waals surface area contributed by atoms with Crippen LogP contribution in [0, 0.1) is 3.57 Å². The molecule has 11 heavy (non-hydrogen) atoms. The lowest BCUT2D eigenvalue weighted by Gasteiger charge is -1.95. The zero-order valence-corrected chi connectivity index (χ0v) is 8.21. The van der Waals surface area contributed by atoms with Crippen LogP contribution in [0.25, 0.3) is 0 Å². The summed E-state index contributed by atoms with van der Waals surface area (Å²) in [5.74, 6) is 0.464. The molecule has 3 heteroatoms. The van der Waals surface area contributed by atoms with Gasteiger partial charge >= 0.3 is 0 Å². The second-order valence-electron chi connectivity index (χ2n) is 2.38. The fourth-order valence-corrected chi connectivity index (χ4v) is 1.20. The molecule has 0 aliphatic carbocycles. The number of halogens is 1. The molecule has 0 bridgehead atoms. The van der Waals surface area contributed by atoms with Gasteiger partial charge in [-0.05, 0) is 40.3 Å². The molecule has 0 fully saturated rings. The van der Waals surface area contributed by atoms with Crippen molar-refractivity contribution in [3.63, 3.8) is 0 Å². The largest absolute Gasteiger partial charge is 0.291 e. The van der Waals surface area contributed by atoms with Gasteiger partial charge in [0.2, 0.25) is 5.84 Å². The highest BCUT2D eigenvalue weighted by Gasteiger charge is 1.97. The van der Waals surface area contributed by atoms with E-state index in [1.807, 2.05) is 24.3 Å². The van der Waals surface area contributed by atoms with Crippen molar-refractivity contribution in [1.82, 2.24) is 0 Å². The minimum Gasteiger partial charge on any atom is -0.291 e. The van der Waals surface area contributed by atoms with Crippen LogP contribution in [0.15, 0.2) is 24.3 Å². The van der Waals surface area contributed by atoms with Crippen LogP contribution in [-0.2, 0) is 6.42 Å². The summed E-state index contributed by atoms with van der Waals surface area (Å²) in [6, 6.07) is 8.14. The van der Waals surface area contributed by atoms with Crippen molar-refractivity contribution >= 4 is 28.4 Å². The molecule has 0 saturated carbocycles. The van der Waals surface area contributed by atoms with Crippen molar-refractivity contribution in [2.75, 3.05) is 0 Å². The van der Waals surface area contributed by atoms with Gasteiger partial charge in [-0.15, -0.1) is 0 Å². The fourth-order valence-electron chi connectivity index (χ4n) is 0.838. The lowest BCUT2D eigenvalue weighted by Crippen LogP contribution is -2.46. The van der Waals surface area contributed by atoms with E-state index in [-0.39, 0.29) is 0 Å². The lowest BCUT2D eigenvalue weighted by molar-refractivity contribution is -0.117. The average Bonchev–Trinajstić information content (AvgIpc) is 1.93. The fraction of sp³-hybridized carbons (Fsp3) is 0.125. The second-order valence-corrected chi connectivity index (χ2v) is 3.62. The molecule has 1 aromatic carbocycles. The normalized spacial score (nSPS) is 9.55. The first-order valence-corrected chi connectivity index (χ1v) is 4.37. The van der Waals surface area contributed by atoms with Crippen molar-refractivity contribution < 1.29 is 5.41 Å². The first kappa shape index (κ1) is 8.52. The van der Waals surface area contributed by atoms with Crippen LogP contribution >= 0.6 is 22.6 Å². The molecular formula is C8H10IN2+. The number of amidine groups is 1. The monoisotopic (exact) mass is 261 g/mol. The summed E-state index contributed by atoms with van der Waals surface area (Å²) in [6.07, 6.45) is 0.664. The molecule has 0 atom stereocenters. The van der Waals surface area contributed by atoms with Gasteiger partial charge in [0.15, 0.2) is 0 Å². The second kappa shape index (κ2) is 3.71. The summed E-state index contributed by atoms with van der Waals surface area (Å²) in [7, 11) is 0. The van der Waals surface area contributed by atoms with Gasteiger partial charge in [0.05, 0.1) is 6.42 Å². The van der Waals surface area contributed by atoms with E-state index in [9.17, 15) is 0 Å². The predicted octanol–water partition coefficient (Wildman–Crippen LogP) is -0.0500. The minimum atomic E-state index is 0.464. The van der Waals surface area contributed by atoms with Crippen molar-refractivity contribution in [2.45, 2.75) is 6.42 Å². The molecule has 4 N–H and O–H groups in total. The molecule has 0 heterocycles. The molecule has 0 amide bonds. The van der Waals surface area contributed by atoms with Crippen molar-refractivity contribution in [3.05, 3.63) is 33.4 Å². The van der Waals surface area contributed by atoms with Crippen molar-refractivity contribution in [3.8, 4) is 0 Å².